The summed E-state index contributed by atoms with van der Waals surface area (Å²) >= 11 is 0. The maximum atomic E-state index is 13.4. The normalized spacial score (nSPS) is 23.6. The molecule has 2 atom stereocenters. The number of carbonyl (C=O) groups is 1. The molecule has 0 aromatic heterocycles. The first-order valence-electron chi connectivity index (χ1n) is 6.57. The van der Waals surface area contributed by atoms with Gasteiger partial charge in [0.15, 0.2) is 0 Å². The number of carbonyl (C=O) groups excluding carboxylic acids is 1. The minimum absolute atomic E-state index is 0.0387. The van der Waals surface area contributed by atoms with Gasteiger partial charge in [-0.05, 0) is 26.0 Å². The van der Waals surface area contributed by atoms with Crippen LogP contribution >= 0.6 is 0 Å². The molecule has 0 bridgehead atoms. The molecule has 0 radical (unpaired) electrons. The molecule has 20 heavy (non-hydrogen) atoms. The molecular formula is C14H18F2N2O2. The van der Waals surface area contributed by atoms with Crippen LogP contribution in [0.2, 0.25) is 0 Å². The third kappa shape index (κ3) is 3.74. The lowest BCUT2D eigenvalue weighted by atomic mass is 10.2. The molecule has 1 amide bonds. The summed E-state index contributed by atoms with van der Waals surface area (Å²) in [6.07, 6.45) is 0.0773. The number of ether oxygens (including phenoxy) is 1. The topological polar surface area (TPSA) is 41.6 Å². The van der Waals surface area contributed by atoms with Crippen LogP contribution in [0, 0.1) is 11.6 Å². The minimum Gasteiger partial charge on any atom is -0.373 e. The Balaban J connectivity index is 1.95. The van der Waals surface area contributed by atoms with Crippen molar-refractivity contribution in [1.82, 2.24) is 4.90 Å². The summed E-state index contributed by atoms with van der Waals surface area (Å²) in [6, 6.07) is 3.47. The molecule has 110 valence electrons. The van der Waals surface area contributed by atoms with Gasteiger partial charge in [-0.3, -0.25) is 9.69 Å². The maximum Gasteiger partial charge on any atom is 0.238 e. The van der Waals surface area contributed by atoms with Gasteiger partial charge in [-0.15, -0.1) is 0 Å². The maximum absolute atomic E-state index is 13.4. The highest BCUT2D eigenvalue weighted by atomic mass is 19.1. The van der Waals surface area contributed by atoms with E-state index in [9.17, 15) is 13.6 Å². The predicted molar refractivity (Wildman–Crippen MR) is 71.4 cm³/mol. The van der Waals surface area contributed by atoms with Crippen LogP contribution in [0.5, 0.6) is 0 Å². The van der Waals surface area contributed by atoms with Crippen molar-refractivity contribution in [3.63, 3.8) is 0 Å². The number of amides is 1. The number of hydrogen-bond acceptors (Lipinski definition) is 3. The van der Waals surface area contributed by atoms with E-state index in [0.717, 1.165) is 12.1 Å². The third-order valence-corrected chi connectivity index (χ3v) is 3.09. The highest BCUT2D eigenvalue weighted by molar-refractivity contribution is 5.92. The molecule has 1 heterocycles. The predicted octanol–water partition coefficient (Wildman–Crippen LogP) is 2.01. The Bertz CT molecular complexity index is 466. The zero-order valence-corrected chi connectivity index (χ0v) is 11.5. The molecule has 1 aliphatic rings. The van der Waals surface area contributed by atoms with Crippen LogP contribution in [-0.2, 0) is 9.53 Å². The number of benzene rings is 1. The van der Waals surface area contributed by atoms with E-state index in [4.69, 9.17) is 4.74 Å². The van der Waals surface area contributed by atoms with Crippen LogP contribution in [0.15, 0.2) is 18.2 Å². The number of hydrogen-bond donors (Lipinski definition) is 1. The van der Waals surface area contributed by atoms with Crippen molar-refractivity contribution in [2.24, 2.45) is 0 Å². The van der Waals surface area contributed by atoms with Crippen molar-refractivity contribution in [2.45, 2.75) is 26.1 Å². The van der Waals surface area contributed by atoms with Gasteiger partial charge in [-0.2, -0.15) is 0 Å². The van der Waals surface area contributed by atoms with Crippen LogP contribution in [0.3, 0.4) is 0 Å². The number of rotatable bonds is 3. The second-order valence-corrected chi connectivity index (χ2v) is 5.10. The number of para-hydroxylation sites is 1. The lowest BCUT2D eigenvalue weighted by molar-refractivity contribution is -0.121. The van der Waals surface area contributed by atoms with Gasteiger partial charge in [0.05, 0.1) is 18.8 Å². The fourth-order valence-electron chi connectivity index (χ4n) is 2.41. The Morgan fingerprint density at radius 1 is 1.30 bits per heavy atom. The van der Waals surface area contributed by atoms with Gasteiger partial charge in [0.2, 0.25) is 5.91 Å². The Labute approximate surface area is 116 Å². The van der Waals surface area contributed by atoms with Crippen molar-refractivity contribution >= 4 is 11.6 Å². The van der Waals surface area contributed by atoms with E-state index in [-0.39, 0.29) is 18.8 Å². The lowest BCUT2D eigenvalue weighted by Gasteiger charge is -2.34. The third-order valence-electron chi connectivity index (χ3n) is 3.09. The molecule has 0 unspecified atom stereocenters. The zero-order valence-electron chi connectivity index (χ0n) is 11.5. The summed E-state index contributed by atoms with van der Waals surface area (Å²) in [7, 11) is 0. The molecule has 1 N–H and O–H groups in total. The van der Waals surface area contributed by atoms with Gasteiger partial charge in [-0.1, -0.05) is 6.07 Å². The van der Waals surface area contributed by atoms with Crippen LogP contribution in [0.1, 0.15) is 13.8 Å². The van der Waals surface area contributed by atoms with E-state index in [1.807, 2.05) is 18.7 Å². The van der Waals surface area contributed by atoms with Crippen molar-refractivity contribution in [3.8, 4) is 0 Å². The molecule has 1 aliphatic heterocycles. The van der Waals surface area contributed by atoms with E-state index in [1.165, 1.54) is 6.07 Å². The molecule has 4 nitrogen and oxygen atoms in total. The summed E-state index contributed by atoms with van der Waals surface area (Å²) in [5, 5.41) is 2.28. The minimum atomic E-state index is -0.776. The number of halogens is 2. The molecule has 1 fully saturated rings. The first-order chi connectivity index (χ1) is 9.45. The molecule has 1 saturated heterocycles. The van der Waals surface area contributed by atoms with Gasteiger partial charge in [0.1, 0.15) is 17.3 Å². The largest absolute Gasteiger partial charge is 0.373 e. The Morgan fingerprint density at radius 3 is 2.40 bits per heavy atom. The van der Waals surface area contributed by atoms with Crippen LogP contribution in [0.25, 0.3) is 0 Å². The fourth-order valence-corrected chi connectivity index (χ4v) is 2.41. The van der Waals surface area contributed by atoms with E-state index in [1.54, 1.807) is 0 Å². The van der Waals surface area contributed by atoms with E-state index in [2.05, 4.69) is 5.32 Å². The quantitative estimate of drug-likeness (QED) is 0.923. The molecule has 2 rings (SSSR count). The molecule has 0 saturated carbocycles. The van der Waals surface area contributed by atoms with Gasteiger partial charge in [-0.25, -0.2) is 8.78 Å². The van der Waals surface area contributed by atoms with E-state index >= 15 is 0 Å². The first-order valence-corrected chi connectivity index (χ1v) is 6.57. The van der Waals surface area contributed by atoms with E-state index in [0.29, 0.717) is 13.1 Å². The Kier molecular flexibility index (Phi) is 4.67. The zero-order chi connectivity index (χ0) is 14.7. The Morgan fingerprint density at radius 2 is 1.85 bits per heavy atom. The second-order valence-electron chi connectivity index (χ2n) is 5.10. The highest BCUT2D eigenvalue weighted by Crippen LogP contribution is 2.18. The highest BCUT2D eigenvalue weighted by Gasteiger charge is 2.24. The average molecular weight is 284 g/mol. The molecule has 0 aliphatic carbocycles. The van der Waals surface area contributed by atoms with Crippen molar-refractivity contribution < 1.29 is 18.3 Å². The average Bonchev–Trinajstić information content (AvgIpc) is 2.32. The molecule has 0 spiro atoms. The van der Waals surface area contributed by atoms with Gasteiger partial charge in [0.25, 0.3) is 0 Å². The van der Waals surface area contributed by atoms with Crippen molar-refractivity contribution in [2.75, 3.05) is 25.0 Å². The monoisotopic (exact) mass is 284 g/mol. The van der Waals surface area contributed by atoms with Gasteiger partial charge < -0.3 is 10.1 Å². The molecule has 1 aromatic rings. The smallest absolute Gasteiger partial charge is 0.238 e. The number of nitrogens with one attached hydrogen (secondary N) is 1. The van der Waals surface area contributed by atoms with Crippen molar-refractivity contribution in [3.05, 3.63) is 29.8 Å². The first kappa shape index (κ1) is 14.9. The number of anilines is 1. The van der Waals surface area contributed by atoms with Crippen LogP contribution in [0.4, 0.5) is 14.5 Å². The standard InChI is InChI=1S/C14H18F2N2O2/c1-9-6-18(7-10(2)20-9)8-13(19)17-14-11(15)4-3-5-12(14)16/h3-5,9-10H,6-8H2,1-2H3,(H,17,19)/t9-,10-/m1/s1. The molecule has 1 aromatic carbocycles. The van der Waals surface area contributed by atoms with Crippen LogP contribution < -0.4 is 5.32 Å². The number of morpholine rings is 1. The summed E-state index contributed by atoms with van der Waals surface area (Å²) in [5.74, 6) is -1.99. The van der Waals surface area contributed by atoms with Crippen molar-refractivity contribution in [1.29, 1.82) is 0 Å². The van der Waals surface area contributed by atoms with E-state index < -0.39 is 23.2 Å². The summed E-state index contributed by atoms with van der Waals surface area (Å²) < 4.78 is 32.4. The van der Waals surface area contributed by atoms with Gasteiger partial charge >= 0.3 is 0 Å². The fraction of sp³-hybridized carbons (Fsp3) is 0.500. The second kappa shape index (κ2) is 6.28. The lowest BCUT2D eigenvalue weighted by Crippen LogP contribution is -2.48. The van der Waals surface area contributed by atoms with Gasteiger partial charge in [0, 0.05) is 13.1 Å². The number of nitrogens with zero attached hydrogens (tertiary/aromatic N) is 1. The summed E-state index contributed by atoms with van der Waals surface area (Å²) in [4.78, 5) is 13.8. The summed E-state index contributed by atoms with van der Waals surface area (Å²) in [6.45, 7) is 5.19. The summed E-state index contributed by atoms with van der Waals surface area (Å²) in [5.41, 5.74) is -0.396. The molecular weight excluding hydrogens is 266 g/mol. The molecule has 6 heteroatoms. The van der Waals surface area contributed by atoms with Crippen LogP contribution in [-0.4, -0.2) is 42.6 Å². The SMILES string of the molecule is C[C@@H]1CN(CC(=O)Nc2c(F)cccc2F)C[C@@H](C)O1. The Hall–Kier alpha value is -1.53.